The Bertz CT molecular complexity index is 464. The van der Waals surface area contributed by atoms with Gasteiger partial charge in [0, 0.05) is 0 Å². The topological polar surface area (TPSA) is 46.2 Å². The fraction of sp³-hybridized carbons (Fsp3) is 0.556. The molecule has 2 aliphatic carbocycles. The number of allylic oxidation sites excluding steroid dienone is 2. The van der Waals surface area contributed by atoms with Gasteiger partial charge in [-0.25, -0.2) is 0 Å². The second-order valence-corrected chi connectivity index (χ2v) is 6.78. The summed E-state index contributed by atoms with van der Waals surface area (Å²) >= 11 is 30.9. The van der Waals surface area contributed by atoms with E-state index in [9.17, 15) is 9.59 Å². The van der Waals surface area contributed by atoms with Gasteiger partial charge in [0.1, 0.15) is 9.75 Å². The molecule has 0 aromatic heterocycles. The first kappa shape index (κ1) is 12.4. The number of halogens is 5. The zero-order valence-electron chi connectivity index (χ0n) is 7.94. The number of fused-ring (bicyclic) bond motifs is 5. The number of imide groups is 1. The number of nitrogens with one attached hydrogen (secondary N) is 1. The molecule has 0 aromatic carbocycles. The molecule has 0 aromatic rings. The third-order valence-corrected chi connectivity index (χ3v) is 7.14. The van der Waals surface area contributed by atoms with Crippen molar-refractivity contribution in [1.82, 2.24) is 5.32 Å². The normalized spacial score (nSPS) is 52.2. The number of hydrogen-bond acceptors (Lipinski definition) is 2. The van der Waals surface area contributed by atoms with Crippen molar-refractivity contribution in [3.05, 3.63) is 10.1 Å². The fourth-order valence-corrected chi connectivity index (χ4v) is 5.40. The minimum absolute atomic E-state index is 0.0573. The van der Waals surface area contributed by atoms with E-state index in [1.165, 1.54) is 0 Å². The maximum atomic E-state index is 11.7. The van der Waals surface area contributed by atoms with Crippen LogP contribution in [0, 0.1) is 11.8 Å². The van der Waals surface area contributed by atoms with Crippen molar-refractivity contribution >= 4 is 69.8 Å². The number of hydrogen-bond donors (Lipinski definition) is 1. The summed E-state index contributed by atoms with van der Waals surface area (Å²) in [6.07, 6.45) is 0. The molecule has 8 heteroatoms. The van der Waals surface area contributed by atoms with Gasteiger partial charge in [0.25, 0.3) is 0 Å². The van der Waals surface area contributed by atoms with Crippen LogP contribution in [0.5, 0.6) is 0 Å². The van der Waals surface area contributed by atoms with Gasteiger partial charge < -0.3 is 0 Å². The predicted molar refractivity (Wildman–Crippen MR) is 65.7 cm³/mol. The molecular weight excluding hydrogens is 331 g/mol. The van der Waals surface area contributed by atoms with E-state index in [1.54, 1.807) is 0 Å². The molecule has 1 saturated carbocycles. The van der Waals surface area contributed by atoms with Crippen molar-refractivity contribution in [3.8, 4) is 0 Å². The summed E-state index contributed by atoms with van der Waals surface area (Å²) in [6.45, 7) is 0. The molecule has 3 nitrogen and oxygen atoms in total. The highest BCUT2D eigenvalue weighted by molar-refractivity contribution is 6.56. The Morgan fingerprint density at radius 1 is 0.941 bits per heavy atom. The summed E-state index contributed by atoms with van der Waals surface area (Å²) in [5, 5.41) is 1.40. The van der Waals surface area contributed by atoms with Crippen LogP contribution in [-0.2, 0) is 9.59 Å². The van der Waals surface area contributed by atoms with Crippen LogP contribution in [0.15, 0.2) is 10.1 Å². The summed E-state index contributed by atoms with van der Waals surface area (Å²) in [6, 6.07) is 0. The zero-order chi connectivity index (χ0) is 12.7. The van der Waals surface area contributed by atoms with E-state index in [-0.39, 0.29) is 10.1 Å². The Balaban J connectivity index is 2.30. The van der Waals surface area contributed by atoms with Crippen LogP contribution in [0.3, 0.4) is 0 Å². The van der Waals surface area contributed by atoms with E-state index in [2.05, 4.69) is 5.32 Å². The molecule has 2 fully saturated rings. The number of carbonyl (C=O) groups excluding carboxylic acids is 2. The minimum atomic E-state index is -1.40. The highest BCUT2D eigenvalue weighted by Crippen LogP contribution is 2.70. The summed E-state index contributed by atoms with van der Waals surface area (Å²) in [4.78, 5) is 20.7. The van der Waals surface area contributed by atoms with Crippen molar-refractivity contribution in [2.45, 2.75) is 15.1 Å². The van der Waals surface area contributed by atoms with Gasteiger partial charge in [-0.1, -0.05) is 23.2 Å². The van der Waals surface area contributed by atoms with Gasteiger partial charge >= 0.3 is 0 Å². The average Bonchev–Trinajstić information content (AvgIpc) is 2.71. The van der Waals surface area contributed by atoms with Crippen molar-refractivity contribution in [2.75, 3.05) is 0 Å². The second kappa shape index (κ2) is 3.26. The van der Waals surface area contributed by atoms with Crippen LogP contribution in [0.1, 0.15) is 0 Å². The van der Waals surface area contributed by atoms with Gasteiger partial charge in [-0.2, -0.15) is 0 Å². The number of alkyl halides is 3. The monoisotopic (exact) mass is 333 g/mol. The second-order valence-electron chi connectivity index (χ2n) is 4.34. The Hall–Kier alpha value is 0.330. The molecule has 3 aliphatic rings. The molecule has 4 atom stereocenters. The molecule has 0 radical (unpaired) electrons. The summed E-state index contributed by atoms with van der Waals surface area (Å²) in [5.41, 5.74) is 0. The largest absolute Gasteiger partial charge is 0.296 e. The van der Waals surface area contributed by atoms with Crippen LogP contribution in [0.2, 0.25) is 0 Å². The number of amides is 2. The van der Waals surface area contributed by atoms with Gasteiger partial charge in [-0.3, -0.25) is 14.9 Å². The van der Waals surface area contributed by atoms with Crippen LogP contribution in [0.4, 0.5) is 0 Å². The first-order valence-electron chi connectivity index (χ1n) is 4.70. The van der Waals surface area contributed by atoms with Crippen LogP contribution in [0.25, 0.3) is 0 Å². The van der Waals surface area contributed by atoms with E-state index in [0.29, 0.717) is 0 Å². The SMILES string of the molecule is O=C1NC(=O)C2C1C1(Cl)C(Cl)=C(Cl)C2(Cl)C1Cl. The number of rotatable bonds is 0. The van der Waals surface area contributed by atoms with Gasteiger partial charge in [-0.05, 0) is 0 Å². The lowest BCUT2D eigenvalue weighted by Gasteiger charge is -2.28. The molecule has 1 aliphatic heterocycles. The molecule has 1 saturated heterocycles. The Kier molecular flexibility index (Phi) is 2.37. The maximum Gasteiger partial charge on any atom is 0.232 e. The van der Waals surface area contributed by atoms with E-state index < -0.39 is 38.8 Å². The van der Waals surface area contributed by atoms with E-state index >= 15 is 0 Å². The van der Waals surface area contributed by atoms with Crippen molar-refractivity contribution in [3.63, 3.8) is 0 Å². The standard InChI is InChI=1S/C9H4Cl5NO2/c10-3-4(11)9(14)2-1(5(16)15-6(2)17)8(3,13)7(9)12/h1-2,7H,(H,15,16,17). The third-order valence-electron chi connectivity index (χ3n) is 3.65. The lowest BCUT2D eigenvalue weighted by Crippen LogP contribution is -2.41. The fourth-order valence-electron chi connectivity index (χ4n) is 2.90. The molecule has 92 valence electrons. The van der Waals surface area contributed by atoms with E-state index in [4.69, 9.17) is 58.0 Å². The predicted octanol–water partition coefficient (Wildman–Crippen LogP) is 2.15. The highest BCUT2D eigenvalue weighted by atomic mass is 35.5. The first-order chi connectivity index (χ1) is 7.77. The average molecular weight is 335 g/mol. The molecule has 1 N–H and O–H groups in total. The lowest BCUT2D eigenvalue weighted by molar-refractivity contribution is -0.126. The quantitative estimate of drug-likeness (QED) is 0.545. The molecule has 4 unspecified atom stereocenters. The van der Waals surface area contributed by atoms with Crippen LogP contribution in [-0.4, -0.2) is 26.9 Å². The first-order valence-corrected chi connectivity index (χ1v) is 6.65. The van der Waals surface area contributed by atoms with Gasteiger partial charge in [0.2, 0.25) is 11.8 Å². The van der Waals surface area contributed by atoms with Crippen molar-refractivity contribution < 1.29 is 9.59 Å². The molecule has 1 heterocycles. The highest BCUT2D eigenvalue weighted by Gasteiger charge is 2.79. The van der Waals surface area contributed by atoms with E-state index in [1.807, 2.05) is 0 Å². The van der Waals surface area contributed by atoms with Crippen LogP contribution >= 0.6 is 58.0 Å². The number of carbonyl (C=O) groups is 2. The van der Waals surface area contributed by atoms with Gasteiger partial charge in [-0.15, -0.1) is 34.8 Å². The van der Waals surface area contributed by atoms with Gasteiger partial charge in [0.05, 0.1) is 27.3 Å². The zero-order valence-corrected chi connectivity index (χ0v) is 11.7. The Morgan fingerprint density at radius 2 is 1.29 bits per heavy atom. The van der Waals surface area contributed by atoms with Crippen LogP contribution < -0.4 is 5.32 Å². The smallest absolute Gasteiger partial charge is 0.232 e. The van der Waals surface area contributed by atoms with E-state index in [0.717, 1.165) is 0 Å². The van der Waals surface area contributed by atoms with Gasteiger partial charge in [0.15, 0.2) is 0 Å². The molecule has 17 heavy (non-hydrogen) atoms. The minimum Gasteiger partial charge on any atom is -0.296 e. The molecule has 3 rings (SSSR count). The molecule has 2 bridgehead atoms. The summed E-state index contributed by atoms with van der Waals surface area (Å²) < 4.78 is 0. The Labute approximate surface area is 121 Å². The summed E-state index contributed by atoms with van der Waals surface area (Å²) in [5.74, 6) is -2.76. The third kappa shape index (κ3) is 1.06. The Morgan fingerprint density at radius 3 is 1.65 bits per heavy atom. The van der Waals surface area contributed by atoms with Crippen molar-refractivity contribution in [2.24, 2.45) is 11.8 Å². The maximum absolute atomic E-state index is 11.7. The molecule has 0 spiro atoms. The van der Waals surface area contributed by atoms with Crippen molar-refractivity contribution in [1.29, 1.82) is 0 Å². The lowest BCUT2D eigenvalue weighted by atomic mass is 9.84. The molecular formula is C9H4Cl5NO2. The molecule has 2 amide bonds. The summed E-state index contributed by atoms with van der Waals surface area (Å²) in [7, 11) is 0.